The number of nitrogens with zero attached hydrogens (tertiary/aromatic N) is 3. The van der Waals surface area contributed by atoms with Gasteiger partial charge in [-0.15, -0.1) is 16.9 Å². The first kappa shape index (κ1) is 17.9. The van der Waals surface area contributed by atoms with Crippen molar-refractivity contribution < 1.29 is 4.79 Å². The Balaban J connectivity index is 1.36. The molecule has 6 nitrogen and oxygen atoms in total. The van der Waals surface area contributed by atoms with E-state index in [4.69, 9.17) is 0 Å². The number of aryl methyl sites for hydroxylation is 1. The molecule has 0 saturated carbocycles. The number of nitrogens with one attached hydrogen (secondary N) is 2. The summed E-state index contributed by atoms with van der Waals surface area (Å²) in [5, 5.41) is 14.5. The Morgan fingerprint density at radius 3 is 3.00 bits per heavy atom. The van der Waals surface area contributed by atoms with Gasteiger partial charge in [-0.1, -0.05) is 29.8 Å². The molecule has 1 fully saturated rings. The molecule has 2 N–H and O–H groups in total. The second-order valence-electron chi connectivity index (χ2n) is 6.22. The second kappa shape index (κ2) is 9.58. The van der Waals surface area contributed by atoms with Gasteiger partial charge in [0, 0.05) is 29.8 Å². The number of thioether (sulfide) groups is 1. The van der Waals surface area contributed by atoms with E-state index in [1.54, 1.807) is 22.6 Å². The van der Waals surface area contributed by atoms with Gasteiger partial charge in [0.2, 0.25) is 0 Å². The molecule has 2 heterocycles. The molecule has 3 rings (SSSR count). The molecule has 1 aromatic carbocycles. The van der Waals surface area contributed by atoms with Gasteiger partial charge in [-0.05, 0) is 37.9 Å². The Bertz CT molecular complexity index is 654. The monoisotopic (exact) mass is 359 g/mol. The molecule has 2 aromatic rings. The molecule has 7 heteroatoms. The van der Waals surface area contributed by atoms with E-state index in [2.05, 4.69) is 33.1 Å². The highest BCUT2D eigenvalue weighted by Crippen LogP contribution is 2.15. The molecule has 0 unspecified atom stereocenters. The molecule has 1 aliphatic heterocycles. The summed E-state index contributed by atoms with van der Waals surface area (Å²) in [6.45, 7) is 2.51. The minimum Gasteiger partial charge on any atom is -0.350 e. The van der Waals surface area contributed by atoms with Crippen LogP contribution in [0.5, 0.6) is 0 Å². The highest BCUT2D eigenvalue weighted by Gasteiger charge is 2.14. The van der Waals surface area contributed by atoms with Crippen LogP contribution >= 0.6 is 11.8 Å². The van der Waals surface area contributed by atoms with Crippen molar-refractivity contribution in [2.45, 2.75) is 43.2 Å². The van der Waals surface area contributed by atoms with Crippen molar-refractivity contribution in [2.24, 2.45) is 0 Å². The molecule has 1 atom stereocenters. The normalized spacial score (nSPS) is 17.4. The van der Waals surface area contributed by atoms with Crippen LogP contribution in [0.4, 0.5) is 0 Å². The Morgan fingerprint density at radius 1 is 1.32 bits per heavy atom. The van der Waals surface area contributed by atoms with Crippen LogP contribution in [0.3, 0.4) is 0 Å². The van der Waals surface area contributed by atoms with Gasteiger partial charge in [0.25, 0.3) is 5.91 Å². The zero-order chi connectivity index (χ0) is 17.3. The molecular formula is C18H25N5OS. The standard InChI is InChI=1S/C18H25N5OS/c24-18(20-11-13-25-16-7-2-1-3-8-16)17-14-23(22-21-17)12-9-15-6-4-5-10-19-15/h1-3,7-8,14-15,19H,4-6,9-13H2,(H,20,24)/t15-/m0/s1. The lowest BCUT2D eigenvalue weighted by Crippen LogP contribution is -2.34. The van der Waals surface area contributed by atoms with E-state index >= 15 is 0 Å². The SMILES string of the molecule is O=C(NCCSc1ccccc1)c1cn(CC[C@@H]2CCCCN2)nn1. The second-order valence-corrected chi connectivity index (χ2v) is 7.39. The van der Waals surface area contributed by atoms with Crippen molar-refractivity contribution in [3.63, 3.8) is 0 Å². The Morgan fingerprint density at radius 2 is 2.20 bits per heavy atom. The zero-order valence-electron chi connectivity index (χ0n) is 14.4. The molecule has 0 aliphatic carbocycles. The number of carbonyl (C=O) groups excluding carboxylic acids is 1. The van der Waals surface area contributed by atoms with Crippen LogP contribution in [0.1, 0.15) is 36.2 Å². The number of rotatable bonds is 8. The van der Waals surface area contributed by atoms with E-state index in [0.29, 0.717) is 18.3 Å². The van der Waals surface area contributed by atoms with Crippen molar-refractivity contribution >= 4 is 17.7 Å². The lowest BCUT2D eigenvalue weighted by molar-refractivity contribution is 0.0951. The van der Waals surface area contributed by atoms with Crippen LogP contribution in [0.15, 0.2) is 41.4 Å². The van der Waals surface area contributed by atoms with Gasteiger partial charge in [-0.2, -0.15) is 0 Å². The predicted molar refractivity (Wildman–Crippen MR) is 99.8 cm³/mol. The molecule has 25 heavy (non-hydrogen) atoms. The first-order chi connectivity index (χ1) is 12.3. The van der Waals surface area contributed by atoms with Crippen LogP contribution in [-0.4, -0.2) is 45.8 Å². The highest BCUT2D eigenvalue weighted by molar-refractivity contribution is 7.99. The maximum Gasteiger partial charge on any atom is 0.273 e. The van der Waals surface area contributed by atoms with Gasteiger partial charge in [0.05, 0.1) is 6.20 Å². The van der Waals surface area contributed by atoms with Crippen LogP contribution in [-0.2, 0) is 6.54 Å². The smallest absolute Gasteiger partial charge is 0.273 e. The Hall–Kier alpha value is -1.86. The van der Waals surface area contributed by atoms with E-state index in [1.165, 1.54) is 24.2 Å². The summed E-state index contributed by atoms with van der Waals surface area (Å²) in [6.07, 6.45) is 6.55. The third-order valence-corrected chi connectivity index (χ3v) is 5.30. The first-order valence-electron chi connectivity index (χ1n) is 8.91. The van der Waals surface area contributed by atoms with Gasteiger partial charge in [-0.25, -0.2) is 0 Å². The van der Waals surface area contributed by atoms with Gasteiger partial charge in [0.15, 0.2) is 5.69 Å². The van der Waals surface area contributed by atoms with E-state index in [0.717, 1.165) is 25.3 Å². The molecule has 1 aromatic heterocycles. The summed E-state index contributed by atoms with van der Waals surface area (Å²) in [4.78, 5) is 13.3. The quantitative estimate of drug-likeness (QED) is 0.559. The summed E-state index contributed by atoms with van der Waals surface area (Å²) >= 11 is 1.72. The minimum absolute atomic E-state index is 0.157. The van der Waals surface area contributed by atoms with Crippen molar-refractivity contribution in [1.29, 1.82) is 0 Å². The molecule has 0 bridgehead atoms. The topological polar surface area (TPSA) is 71.8 Å². The van der Waals surface area contributed by atoms with E-state index in [1.807, 2.05) is 18.2 Å². The maximum absolute atomic E-state index is 12.1. The number of piperidine rings is 1. The molecule has 1 amide bonds. The fraction of sp³-hybridized carbons (Fsp3) is 0.500. The van der Waals surface area contributed by atoms with Crippen LogP contribution < -0.4 is 10.6 Å². The Kier molecular flexibility index (Phi) is 6.88. The number of carbonyl (C=O) groups is 1. The summed E-state index contributed by atoms with van der Waals surface area (Å²) in [5.74, 6) is 0.674. The fourth-order valence-corrected chi connectivity index (χ4v) is 3.70. The van der Waals surface area contributed by atoms with Crippen LogP contribution in [0, 0.1) is 0 Å². The van der Waals surface area contributed by atoms with Gasteiger partial charge in [-0.3, -0.25) is 9.48 Å². The highest BCUT2D eigenvalue weighted by atomic mass is 32.2. The largest absolute Gasteiger partial charge is 0.350 e. The molecular weight excluding hydrogens is 334 g/mol. The number of benzene rings is 1. The van der Waals surface area contributed by atoms with Crippen molar-refractivity contribution in [2.75, 3.05) is 18.8 Å². The van der Waals surface area contributed by atoms with Gasteiger partial charge in [0.1, 0.15) is 0 Å². The fourth-order valence-electron chi connectivity index (χ4n) is 2.91. The minimum atomic E-state index is -0.157. The van der Waals surface area contributed by atoms with Gasteiger partial charge >= 0.3 is 0 Å². The summed E-state index contributed by atoms with van der Waals surface area (Å²) in [6, 6.07) is 10.7. The van der Waals surface area contributed by atoms with Crippen molar-refractivity contribution in [3.8, 4) is 0 Å². The Labute approximate surface area is 152 Å². The lowest BCUT2D eigenvalue weighted by atomic mass is 10.0. The molecule has 134 valence electrons. The summed E-state index contributed by atoms with van der Waals surface area (Å²) < 4.78 is 1.77. The summed E-state index contributed by atoms with van der Waals surface area (Å²) in [5.41, 5.74) is 0.390. The van der Waals surface area contributed by atoms with E-state index in [-0.39, 0.29) is 5.91 Å². The van der Waals surface area contributed by atoms with Gasteiger partial charge < -0.3 is 10.6 Å². The molecule has 1 aliphatic rings. The zero-order valence-corrected chi connectivity index (χ0v) is 15.2. The predicted octanol–water partition coefficient (Wildman–Crippen LogP) is 2.33. The number of hydrogen-bond donors (Lipinski definition) is 2. The van der Waals surface area contributed by atoms with Crippen LogP contribution in [0.25, 0.3) is 0 Å². The third-order valence-electron chi connectivity index (χ3n) is 4.29. The lowest BCUT2D eigenvalue weighted by Gasteiger charge is -2.23. The average Bonchev–Trinajstić information content (AvgIpc) is 3.14. The van der Waals surface area contributed by atoms with E-state index < -0.39 is 0 Å². The number of hydrogen-bond acceptors (Lipinski definition) is 5. The summed E-state index contributed by atoms with van der Waals surface area (Å²) in [7, 11) is 0. The van der Waals surface area contributed by atoms with E-state index in [9.17, 15) is 4.79 Å². The average molecular weight is 359 g/mol. The molecule has 0 spiro atoms. The number of aromatic nitrogens is 3. The third kappa shape index (κ3) is 5.86. The van der Waals surface area contributed by atoms with Crippen molar-refractivity contribution in [1.82, 2.24) is 25.6 Å². The van der Waals surface area contributed by atoms with Crippen molar-refractivity contribution in [3.05, 3.63) is 42.2 Å². The maximum atomic E-state index is 12.1. The number of amides is 1. The first-order valence-corrected chi connectivity index (χ1v) is 9.89. The molecule has 1 saturated heterocycles. The molecule has 0 radical (unpaired) electrons. The van der Waals surface area contributed by atoms with Crippen LogP contribution in [0.2, 0.25) is 0 Å².